The summed E-state index contributed by atoms with van der Waals surface area (Å²) in [6.07, 6.45) is 10.4. The first-order valence-corrected chi connectivity index (χ1v) is 13.4. The van der Waals surface area contributed by atoms with Crippen LogP contribution in [0.15, 0.2) is 78.4 Å². The van der Waals surface area contributed by atoms with Gasteiger partial charge in [0.15, 0.2) is 0 Å². The molecule has 6 heteroatoms. The Morgan fingerprint density at radius 3 is 2.50 bits per heavy atom. The zero-order valence-electron chi connectivity index (χ0n) is 23.3. The molecule has 0 atom stereocenters. The van der Waals surface area contributed by atoms with Gasteiger partial charge in [-0.25, -0.2) is 14.8 Å². The van der Waals surface area contributed by atoms with Gasteiger partial charge < -0.3 is 14.2 Å². The highest BCUT2D eigenvalue weighted by atomic mass is 16.4. The number of para-hydroxylation sites is 2. The molecule has 0 saturated carbocycles. The Kier molecular flexibility index (Phi) is 7.39. The number of aliphatic carboxylic acids is 1. The van der Waals surface area contributed by atoms with Crippen molar-refractivity contribution in [3.8, 4) is 23.7 Å². The van der Waals surface area contributed by atoms with Crippen LogP contribution >= 0.6 is 0 Å². The smallest absolute Gasteiger partial charge is 0.331 e. The van der Waals surface area contributed by atoms with E-state index in [0.717, 1.165) is 68.8 Å². The number of nitrogens with zero attached hydrogens (tertiary/aromatic N) is 4. The summed E-state index contributed by atoms with van der Waals surface area (Å²) in [5, 5.41) is 9.55. The maximum absolute atomic E-state index is 11.6. The molecule has 0 aliphatic carbocycles. The molecule has 5 rings (SSSR count). The van der Waals surface area contributed by atoms with Crippen LogP contribution in [0.2, 0.25) is 0 Å². The lowest BCUT2D eigenvalue weighted by molar-refractivity contribution is -0.132. The van der Waals surface area contributed by atoms with Gasteiger partial charge in [-0.2, -0.15) is 0 Å². The fourth-order valence-electron chi connectivity index (χ4n) is 5.22. The van der Waals surface area contributed by atoms with Crippen molar-refractivity contribution in [2.75, 3.05) is 0 Å². The van der Waals surface area contributed by atoms with Crippen molar-refractivity contribution in [2.45, 2.75) is 40.2 Å². The van der Waals surface area contributed by atoms with E-state index in [2.05, 4.69) is 54.1 Å². The number of hydrogen-bond acceptors (Lipinski definition) is 3. The number of benzene rings is 3. The molecule has 0 saturated heterocycles. The third kappa shape index (κ3) is 4.94. The summed E-state index contributed by atoms with van der Waals surface area (Å²) in [6.45, 7) is 6.51. The minimum absolute atomic E-state index is 0.245. The summed E-state index contributed by atoms with van der Waals surface area (Å²) < 4.78 is 4.44. The largest absolute Gasteiger partial charge is 0.478 e. The number of fused-ring (bicyclic) bond motifs is 2. The number of imidazole rings is 2. The number of terminal acetylenes is 1. The second-order valence-electron chi connectivity index (χ2n) is 10.0. The van der Waals surface area contributed by atoms with Crippen LogP contribution in [0, 0.1) is 19.3 Å². The summed E-state index contributed by atoms with van der Waals surface area (Å²) in [7, 11) is 2.05. The van der Waals surface area contributed by atoms with Gasteiger partial charge in [0.1, 0.15) is 11.6 Å². The normalized spacial score (nSPS) is 12.3. The van der Waals surface area contributed by atoms with E-state index in [-0.39, 0.29) is 5.57 Å². The van der Waals surface area contributed by atoms with Crippen LogP contribution in [0.5, 0.6) is 0 Å². The van der Waals surface area contributed by atoms with Crippen LogP contribution in [0.25, 0.3) is 39.0 Å². The zero-order valence-corrected chi connectivity index (χ0v) is 23.3. The van der Waals surface area contributed by atoms with Gasteiger partial charge in [0.2, 0.25) is 0 Å². The highest BCUT2D eigenvalue weighted by Gasteiger charge is 2.17. The van der Waals surface area contributed by atoms with Gasteiger partial charge in [-0.15, -0.1) is 6.42 Å². The number of carboxylic acid groups (broad SMARTS) is 1. The first-order chi connectivity index (χ1) is 19.3. The van der Waals surface area contributed by atoms with Gasteiger partial charge in [-0.3, -0.25) is 0 Å². The number of allylic oxidation sites excluding steroid dienone is 3. The molecule has 0 fully saturated rings. The topological polar surface area (TPSA) is 72.9 Å². The third-order valence-corrected chi connectivity index (χ3v) is 7.32. The Morgan fingerprint density at radius 2 is 1.82 bits per heavy atom. The minimum atomic E-state index is -0.971. The van der Waals surface area contributed by atoms with E-state index in [0.29, 0.717) is 12.1 Å². The average molecular weight is 529 g/mol. The van der Waals surface area contributed by atoms with Crippen LogP contribution in [-0.4, -0.2) is 30.2 Å². The molecule has 2 aromatic heterocycles. The number of carboxylic acids is 1. The van der Waals surface area contributed by atoms with Gasteiger partial charge in [-0.05, 0) is 78.9 Å². The van der Waals surface area contributed by atoms with E-state index in [4.69, 9.17) is 16.4 Å². The molecular formula is C34H32N4O2. The van der Waals surface area contributed by atoms with Crippen molar-refractivity contribution in [3.05, 3.63) is 101 Å². The molecule has 5 aromatic rings. The molecule has 0 aliphatic rings. The van der Waals surface area contributed by atoms with Crippen LogP contribution in [0.1, 0.15) is 42.8 Å². The first-order valence-electron chi connectivity index (χ1n) is 13.4. The monoisotopic (exact) mass is 528 g/mol. The van der Waals surface area contributed by atoms with Crippen molar-refractivity contribution in [2.24, 2.45) is 7.05 Å². The molecule has 0 aliphatic heterocycles. The molecule has 0 radical (unpaired) electrons. The maximum Gasteiger partial charge on any atom is 0.331 e. The van der Waals surface area contributed by atoms with Crippen LogP contribution < -0.4 is 0 Å². The Labute approximate surface area is 234 Å². The quantitative estimate of drug-likeness (QED) is 0.134. The van der Waals surface area contributed by atoms with Gasteiger partial charge in [0.25, 0.3) is 0 Å². The predicted molar refractivity (Wildman–Crippen MR) is 162 cm³/mol. The lowest BCUT2D eigenvalue weighted by Gasteiger charge is -2.12. The summed E-state index contributed by atoms with van der Waals surface area (Å²) in [5.74, 6) is 3.45. The fraction of sp³-hybridized carbons (Fsp3) is 0.206. The highest BCUT2D eigenvalue weighted by Crippen LogP contribution is 2.31. The number of carbonyl (C=O) groups is 1. The van der Waals surface area contributed by atoms with Crippen molar-refractivity contribution in [1.29, 1.82) is 0 Å². The standard InChI is InChI=1S/C34H32N4O2/c1-6-8-12-27(23(4)34(39)40)25-17-15-24(16-18-25)21-38-30-20-26(19-22(3)32(30)36-31(38)11-7-2)33-35-28-13-9-10-14-29(28)37(33)5/h1,8-10,12-20H,7,11,21H2,2-5H3,(H,39,40)/b12-8-,27-23-. The molecule has 6 nitrogen and oxygen atoms in total. The van der Waals surface area contributed by atoms with E-state index in [9.17, 15) is 9.90 Å². The SMILES string of the molecule is C#C/C=C\C(=C(/C)C(=O)O)c1ccc(Cn2c(CCC)nc3c(C)cc(-c4nc5ccccc5n4C)cc32)cc1. The summed E-state index contributed by atoms with van der Waals surface area (Å²) in [5.41, 5.74) is 9.07. The maximum atomic E-state index is 11.6. The molecule has 0 spiro atoms. The van der Waals surface area contributed by atoms with Crippen molar-refractivity contribution in [3.63, 3.8) is 0 Å². The van der Waals surface area contributed by atoms with Gasteiger partial charge >= 0.3 is 5.97 Å². The van der Waals surface area contributed by atoms with Gasteiger partial charge in [0, 0.05) is 31.1 Å². The molecule has 2 heterocycles. The molecule has 1 N–H and O–H groups in total. The van der Waals surface area contributed by atoms with E-state index in [1.165, 1.54) is 6.08 Å². The van der Waals surface area contributed by atoms with E-state index >= 15 is 0 Å². The number of aryl methyl sites for hydroxylation is 3. The Hall–Kier alpha value is -4.89. The van der Waals surface area contributed by atoms with Crippen LogP contribution in [0.3, 0.4) is 0 Å². The number of hydrogen-bond donors (Lipinski definition) is 1. The van der Waals surface area contributed by atoms with Crippen molar-refractivity contribution < 1.29 is 9.90 Å². The lowest BCUT2D eigenvalue weighted by Crippen LogP contribution is -2.06. The van der Waals surface area contributed by atoms with E-state index in [1.54, 1.807) is 13.0 Å². The third-order valence-electron chi connectivity index (χ3n) is 7.32. The second kappa shape index (κ2) is 11.1. The first kappa shape index (κ1) is 26.7. The van der Waals surface area contributed by atoms with Crippen molar-refractivity contribution >= 4 is 33.6 Å². The molecule has 40 heavy (non-hydrogen) atoms. The van der Waals surface area contributed by atoms with Crippen molar-refractivity contribution in [1.82, 2.24) is 19.1 Å². The Balaban J connectivity index is 1.58. The number of rotatable bonds is 8. The molecule has 0 amide bonds. The number of aromatic nitrogens is 4. The van der Waals surface area contributed by atoms with Gasteiger partial charge in [-0.1, -0.05) is 49.2 Å². The summed E-state index contributed by atoms with van der Waals surface area (Å²) >= 11 is 0. The summed E-state index contributed by atoms with van der Waals surface area (Å²) in [4.78, 5) is 21.6. The Morgan fingerprint density at radius 1 is 1.07 bits per heavy atom. The fourth-order valence-corrected chi connectivity index (χ4v) is 5.22. The zero-order chi connectivity index (χ0) is 28.4. The van der Waals surface area contributed by atoms with Crippen LogP contribution in [0.4, 0.5) is 0 Å². The Bertz CT molecular complexity index is 1840. The molecule has 200 valence electrons. The second-order valence-corrected chi connectivity index (χ2v) is 10.0. The molecule has 0 unspecified atom stereocenters. The van der Waals surface area contributed by atoms with Gasteiger partial charge in [0.05, 0.1) is 22.1 Å². The molecule has 3 aromatic carbocycles. The predicted octanol–water partition coefficient (Wildman–Crippen LogP) is 6.95. The highest BCUT2D eigenvalue weighted by molar-refractivity contribution is 5.98. The molecule has 0 bridgehead atoms. The van der Waals surface area contributed by atoms with E-state index in [1.807, 2.05) is 42.5 Å². The van der Waals surface area contributed by atoms with Crippen LogP contribution in [-0.2, 0) is 24.8 Å². The lowest BCUT2D eigenvalue weighted by atomic mass is 9.99. The minimum Gasteiger partial charge on any atom is -0.478 e. The summed E-state index contributed by atoms with van der Waals surface area (Å²) in [6, 6.07) is 20.5. The molecular weight excluding hydrogens is 496 g/mol. The average Bonchev–Trinajstić information content (AvgIpc) is 3.47. The van der Waals surface area contributed by atoms with E-state index < -0.39 is 5.97 Å².